The van der Waals surface area contributed by atoms with E-state index in [2.05, 4.69) is 58.8 Å². The molecule has 1 aromatic carbocycles. The minimum atomic E-state index is -3.74. The predicted octanol–water partition coefficient (Wildman–Crippen LogP) is 5.53. The van der Waals surface area contributed by atoms with Gasteiger partial charge in [0.2, 0.25) is 20.9 Å². The molecule has 2 heterocycles. The summed E-state index contributed by atoms with van der Waals surface area (Å²) in [6, 6.07) is 6.13. The van der Waals surface area contributed by atoms with Crippen molar-refractivity contribution in [2.24, 2.45) is 0 Å². The molecule has 0 unspecified atom stereocenters. The van der Waals surface area contributed by atoms with Crippen LogP contribution in [-0.4, -0.2) is 73.1 Å². The van der Waals surface area contributed by atoms with E-state index in [1.54, 1.807) is 12.4 Å². The number of pyridine rings is 1. The first-order chi connectivity index (χ1) is 19.5. The highest BCUT2D eigenvalue weighted by Gasteiger charge is 2.27. The van der Waals surface area contributed by atoms with Crippen molar-refractivity contribution in [2.75, 3.05) is 37.3 Å². The molecule has 0 amide bonds. The molecule has 1 aliphatic rings. The fraction of sp³-hybridized carbons (Fsp3) is 0.552. The van der Waals surface area contributed by atoms with E-state index in [1.807, 2.05) is 12.1 Å². The molecule has 4 rings (SSSR count). The Morgan fingerprint density at radius 1 is 1.12 bits per heavy atom. The standard InChI is InChI=1S/C29H43FN6O3SSi/c1-6-35(7-2)16-9-18-40(37,38)29-33-28(34-36(29)21-39-17-19-41(3,4)5)32-27-24-11-8-10-23(24)26(30)20-25(27)22-12-14-31-15-13-22/h12-15,20H,6-11,16-19,21H2,1-5H3,(H,32,34). The molecule has 0 radical (unpaired) electrons. The zero-order valence-corrected chi connectivity index (χ0v) is 26.7. The van der Waals surface area contributed by atoms with Gasteiger partial charge in [0.25, 0.3) is 0 Å². The van der Waals surface area contributed by atoms with E-state index < -0.39 is 17.9 Å². The Kier molecular flexibility index (Phi) is 10.3. The first-order valence-corrected chi connectivity index (χ1v) is 19.9. The normalized spacial score (nSPS) is 13.6. The SMILES string of the molecule is CCN(CC)CCCS(=O)(=O)c1nc(Nc2c(-c3ccncc3)cc(F)c3c2CCC3)nn1COCC[Si](C)(C)C. The molecule has 0 saturated heterocycles. The molecule has 0 atom stereocenters. The molecule has 12 heteroatoms. The molecule has 1 N–H and O–H groups in total. The van der Waals surface area contributed by atoms with Crippen LogP contribution in [0.5, 0.6) is 0 Å². The monoisotopic (exact) mass is 602 g/mol. The van der Waals surface area contributed by atoms with Gasteiger partial charge in [-0.2, -0.15) is 4.98 Å². The van der Waals surface area contributed by atoms with Crippen LogP contribution >= 0.6 is 0 Å². The second-order valence-corrected chi connectivity index (χ2v) is 19.3. The number of rotatable bonds is 15. The van der Waals surface area contributed by atoms with Gasteiger partial charge in [0.15, 0.2) is 0 Å². The highest BCUT2D eigenvalue weighted by Crippen LogP contribution is 2.40. The third-order valence-corrected chi connectivity index (χ3v) is 10.9. The zero-order chi connectivity index (χ0) is 29.6. The number of sulfone groups is 1. The van der Waals surface area contributed by atoms with Gasteiger partial charge in [0.05, 0.1) is 11.4 Å². The fourth-order valence-corrected chi connectivity index (χ4v) is 7.17. The lowest BCUT2D eigenvalue weighted by atomic mass is 9.97. The van der Waals surface area contributed by atoms with Crippen molar-refractivity contribution in [1.82, 2.24) is 24.6 Å². The average molecular weight is 603 g/mol. The Bertz CT molecular complexity index is 1420. The third kappa shape index (κ3) is 8.00. The number of hydrogen-bond donors (Lipinski definition) is 1. The number of hydrogen-bond acceptors (Lipinski definition) is 8. The van der Waals surface area contributed by atoms with Crippen LogP contribution in [0.15, 0.2) is 35.7 Å². The van der Waals surface area contributed by atoms with Crippen molar-refractivity contribution in [3.63, 3.8) is 0 Å². The molecule has 9 nitrogen and oxygen atoms in total. The number of halogens is 1. The molecular formula is C29H43FN6O3SSi. The minimum Gasteiger partial charge on any atom is -0.359 e. The third-order valence-electron chi connectivity index (χ3n) is 7.48. The molecular weight excluding hydrogens is 560 g/mol. The van der Waals surface area contributed by atoms with Crippen molar-refractivity contribution in [3.8, 4) is 11.1 Å². The van der Waals surface area contributed by atoms with Gasteiger partial charge in [-0.3, -0.25) is 4.98 Å². The summed E-state index contributed by atoms with van der Waals surface area (Å²) in [6.45, 7) is 13.9. The van der Waals surface area contributed by atoms with E-state index in [0.29, 0.717) is 49.2 Å². The van der Waals surface area contributed by atoms with Crippen LogP contribution in [0.4, 0.5) is 16.0 Å². The van der Waals surface area contributed by atoms with Crippen LogP contribution in [0.25, 0.3) is 11.1 Å². The lowest BCUT2D eigenvalue weighted by Crippen LogP contribution is -2.26. The lowest BCUT2D eigenvalue weighted by Gasteiger charge is -2.17. The number of anilines is 2. The Labute approximate surface area is 244 Å². The number of fused-ring (bicyclic) bond motifs is 1. The van der Waals surface area contributed by atoms with Gasteiger partial charge in [0, 0.05) is 32.6 Å². The minimum absolute atomic E-state index is 0.0114. The van der Waals surface area contributed by atoms with Crippen LogP contribution in [-0.2, 0) is 34.1 Å². The second-order valence-electron chi connectivity index (χ2n) is 11.7. The van der Waals surface area contributed by atoms with Gasteiger partial charge >= 0.3 is 0 Å². The molecule has 2 aromatic heterocycles. The maximum atomic E-state index is 15.1. The predicted molar refractivity (Wildman–Crippen MR) is 164 cm³/mol. The van der Waals surface area contributed by atoms with Gasteiger partial charge in [-0.1, -0.05) is 33.5 Å². The molecule has 0 bridgehead atoms. The van der Waals surface area contributed by atoms with Gasteiger partial charge in [-0.25, -0.2) is 17.5 Å². The molecule has 3 aromatic rings. The fourth-order valence-electron chi connectivity index (χ4n) is 5.08. The van der Waals surface area contributed by atoms with E-state index in [1.165, 1.54) is 10.7 Å². The average Bonchev–Trinajstić information content (AvgIpc) is 3.59. The zero-order valence-electron chi connectivity index (χ0n) is 24.9. The molecule has 0 spiro atoms. The van der Waals surface area contributed by atoms with Crippen LogP contribution in [0.2, 0.25) is 25.7 Å². The van der Waals surface area contributed by atoms with Crippen LogP contribution in [0.1, 0.15) is 37.8 Å². The molecule has 0 aliphatic heterocycles. The highest BCUT2D eigenvalue weighted by atomic mass is 32.2. The van der Waals surface area contributed by atoms with Gasteiger partial charge < -0.3 is 15.0 Å². The van der Waals surface area contributed by atoms with E-state index in [9.17, 15) is 8.42 Å². The highest BCUT2D eigenvalue weighted by molar-refractivity contribution is 7.91. The summed E-state index contributed by atoms with van der Waals surface area (Å²) in [5, 5.41) is 7.72. The summed E-state index contributed by atoms with van der Waals surface area (Å²) in [5.41, 5.74) is 3.73. The van der Waals surface area contributed by atoms with Crippen LogP contribution in [0, 0.1) is 5.82 Å². The maximum Gasteiger partial charge on any atom is 0.249 e. The molecule has 0 saturated carbocycles. The first-order valence-electron chi connectivity index (χ1n) is 14.5. The lowest BCUT2D eigenvalue weighted by molar-refractivity contribution is 0.0715. The Hall–Kier alpha value is -2.67. The number of nitrogens with one attached hydrogen (secondary N) is 1. The summed E-state index contributed by atoms with van der Waals surface area (Å²) in [6.07, 6.45) is 6.04. The van der Waals surface area contributed by atoms with E-state index >= 15 is 4.39 Å². The van der Waals surface area contributed by atoms with Gasteiger partial charge in [-0.05, 0) is 86.3 Å². The van der Waals surface area contributed by atoms with Crippen molar-refractivity contribution in [2.45, 2.75) is 77.1 Å². The smallest absolute Gasteiger partial charge is 0.249 e. The van der Waals surface area contributed by atoms with Gasteiger partial charge in [-0.15, -0.1) is 5.10 Å². The van der Waals surface area contributed by atoms with Crippen molar-refractivity contribution < 1.29 is 17.5 Å². The Morgan fingerprint density at radius 2 is 1.83 bits per heavy atom. The Balaban J connectivity index is 1.67. The van der Waals surface area contributed by atoms with Gasteiger partial charge in [0.1, 0.15) is 12.5 Å². The van der Waals surface area contributed by atoms with E-state index in [4.69, 9.17) is 4.74 Å². The van der Waals surface area contributed by atoms with Crippen LogP contribution in [0.3, 0.4) is 0 Å². The van der Waals surface area contributed by atoms with Crippen molar-refractivity contribution in [1.29, 1.82) is 0 Å². The van der Waals surface area contributed by atoms with E-state index in [0.717, 1.165) is 36.7 Å². The van der Waals surface area contributed by atoms with E-state index in [-0.39, 0.29) is 29.4 Å². The number of benzene rings is 1. The summed E-state index contributed by atoms with van der Waals surface area (Å²) in [7, 11) is -5.06. The molecule has 41 heavy (non-hydrogen) atoms. The van der Waals surface area contributed by atoms with Crippen LogP contribution < -0.4 is 5.32 Å². The first kappa shape index (κ1) is 31.3. The topological polar surface area (TPSA) is 102 Å². The summed E-state index contributed by atoms with van der Waals surface area (Å²) < 4.78 is 49.4. The second kappa shape index (κ2) is 13.5. The number of nitrogens with zero attached hydrogens (tertiary/aromatic N) is 5. The molecule has 224 valence electrons. The van der Waals surface area contributed by atoms with Crippen molar-refractivity contribution >= 4 is 29.5 Å². The number of ether oxygens (including phenoxy) is 1. The number of aromatic nitrogens is 4. The largest absolute Gasteiger partial charge is 0.359 e. The molecule has 0 fully saturated rings. The summed E-state index contributed by atoms with van der Waals surface area (Å²) in [5.74, 6) is -0.122. The molecule has 1 aliphatic carbocycles. The summed E-state index contributed by atoms with van der Waals surface area (Å²) in [4.78, 5) is 10.8. The maximum absolute atomic E-state index is 15.1. The summed E-state index contributed by atoms with van der Waals surface area (Å²) >= 11 is 0. The Morgan fingerprint density at radius 3 is 2.51 bits per heavy atom. The van der Waals surface area contributed by atoms with Crippen molar-refractivity contribution in [3.05, 3.63) is 47.5 Å². The quantitative estimate of drug-likeness (QED) is 0.179.